The SMILES string of the molecule is CC(=O)[C@@H]1C[C@H](CC(=O)O[C@H](C)c2cccnc2)C1(C)C. The van der Waals surface area contributed by atoms with Gasteiger partial charge < -0.3 is 4.74 Å². The second-order valence-electron chi connectivity index (χ2n) is 6.54. The molecule has 0 saturated heterocycles. The van der Waals surface area contributed by atoms with Gasteiger partial charge in [0.05, 0.1) is 0 Å². The first kappa shape index (κ1) is 15.7. The fourth-order valence-electron chi connectivity index (χ4n) is 3.18. The number of esters is 1. The van der Waals surface area contributed by atoms with E-state index in [0.29, 0.717) is 6.42 Å². The molecule has 4 heteroatoms. The molecule has 1 aromatic rings. The van der Waals surface area contributed by atoms with Gasteiger partial charge in [0.15, 0.2) is 0 Å². The highest BCUT2D eigenvalue weighted by Crippen LogP contribution is 2.53. The maximum absolute atomic E-state index is 12.1. The number of Topliss-reactive ketones (excluding diaryl/α,β-unsaturated/α-hetero) is 1. The molecule has 1 saturated carbocycles. The number of pyridine rings is 1. The monoisotopic (exact) mass is 289 g/mol. The largest absolute Gasteiger partial charge is 0.458 e. The van der Waals surface area contributed by atoms with E-state index < -0.39 is 0 Å². The molecule has 2 rings (SSSR count). The van der Waals surface area contributed by atoms with Crippen LogP contribution < -0.4 is 0 Å². The van der Waals surface area contributed by atoms with Gasteiger partial charge in [-0.05, 0) is 37.7 Å². The van der Waals surface area contributed by atoms with E-state index in [0.717, 1.165) is 12.0 Å². The molecule has 0 bridgehead atoms. The summed E-state index contributed by atoms with van der Waals surface area (Å²) >= 11 is 0. The minimum atomic E-state index is -0.294. The van der Waals surface area contributed by atoms with Crippen molar-refractivity contribution >= 4 is 11.8 Å². The highest BCUT2D eigenvalue weighted by atomic mass is 16.5. The second kappa shape index (κ2) is 5.96. The van der Waals surface area contributed by atoms with Crippen LogP contribution in [0.3, 0.4) is 0 Å². The molecule has 1 aliphatic rings. The van der Waals surface area contributed by atoms with E-state index in [1.807, 2.05) is 19.1 Å². The molecule has 1 aliphatic carbocycles. The van der Waals surface area contributed by atoms with Crippen molar-refractivity contribution in [3.8, 4) is 0 Å². The van der Waals surface area contributed by atoms with Crippen LogP contribution in [-0.4, -0.2) is 16.7 Å². The van der Waals surface area contributed by atoms with Crippen LogP contribution in [0, 0.1) is 17.3 Å². The molecule has 21 heavy (non-hydrogen) atoms. The Morgan fingerprint density at radius 2 is 2.19 bits per heavy atom. The minimum Gasteiger partial charge on any atom is -0.458 e. The summed E-state index contributed by atoms with van der Waals surface area (Å²) in [6, 6.07) is 3.72. The molecule has 0 N–H and O–H groups in total. The van der Waals surface area contributed by atoms with Crippen LogP contribution in [0.5, 0.6) is 0 Å². The normalized spacial score (nSPS) is 24.8. The van der Waals surface area contributed by atoms with E-state index in [1.165, 1.54) is 0 Å². The van der Waals surface area contributed by atoms with Gasteiger partial charge in [0.2, 0.25) is 0 Å². The quantitative estimate of drug-likeness (QED) is 0.780. The van der Waals surface area contributed by atoms with Gasteiger partial charge in [0.1, 0.15) is 11.9 Å². The van der Waals surface area contributed by atoms with E-state index in [-0.39, 0.29) is 35.1 Å². The first-order valence-corrected chi connectivity index (χ1v) is 7.42. The Balaban J connectivity index is 1.88. The summed E-state index contributed by atoms with van der Waals surface area (Å²) in [5, 5.41) is 0. The predicted molar refractivity (Wildman–Crippen MR) is 79.4 cm³/mol. The molecular formula is C17H23NO3. The predicted octanol–water partition coefficient (Wildman–Crippen LogP) is 3.33. The number of ether oxygens (including phenoxy) is 1. The van der Waals surface area contributed by atoms with Gasteiger partial charge in [0, 0.05) is 30.3 Å². The third-order valence-corrected chi connectivity index (χ3v) is 4.84. The fraction of sp³-hybridized carbons (Fsp3) is 0.588. The van der Waals surface area contributed by atoms with Crippen molar-refractivity contribution in [1.29, 1.82) is 0 Å². The molecular weight excluding hydrogens is 266 g/mol. The lowest BCUT2D eigenvalue weighted by Crippen LogP contribution is -2.49. The summed E-state index contributed by atoms with van der Waals surface area (Å²) in [5.41, 5.74) is 0.780. The van der Waals surface area contributed by atoms with Gasteiger partial charge in [-0.1, -0.05) is 19.9 Å². The number of carbonyl (C=O) groups excluding carboxylic acids is 2. The molecule has 1 heterocycles. The number of hydrogen-bond donors (Lipinski definition) is 0. The zero-order chi connectivity index (χ0) is 15.6. The van der Waals surface area contributed by atoms with Gasteiger partial charge in [0.25, 0.3) is 0 Å². The van der Waals surface area contributed by atoms with E-state index >= 15 is 0 Å². The molecule has 4 nitrogen and oxygen atoms in total. The number of hydrogen-bond acceptors (Lipinski definition) is 4. The number of carbonyl (C=O) groups is 2. The van der Waals surface area contributed by atoms with Gasteiger partial charge in [-0.25, -0.2) is 0 Å². The average Bonchev–Trinajstić information content (AvgIpc) is 2.43. The van der Waals surface area contributed by atoms with Crippen molar-refractivity contribution in [2.24, 2.45) is 17.3 Å². The first-order valence-electron chi connectivity index (χ1n) is 7.42. The maximum atomic E-state index is 12.1. The molecule has 1 fully saturated rings. The van der Waals surface area contributed by atoms with Crippen molar-refractivity contribution in [3.05, 3.63) is 30.1 Å². The Labute approximate surface area is 125 Å². The van der Waals surface area contributed by atoms with Gasteiger partial charge >= 0.3 is 5.97 Å². The first-order chi connectivity index (χ1) is 9.82. The number of ketones is 1. The standard InChI is InChI=1S/C17H23NO3/c1-11(19)15-8-14(17(15,3)4)9-16(20)21-12(2)13-6-5-7-18-10-13/h5-7,10,12,14-15H,8-9H2,1-4H3/t12-,14-,15+/m1/s1. The smallest absolute Gasteiger partial charge is 0.306 e. The molecule has 0 aromatic carbocycles. The summed E-state index contributed by atoms with van der Waals surface area (Å²) in [4.78, 5) is 27.6. The zero-order valence-electron chi connectivity index (χ0n) is 13.1. The van der Waals surface area contributed by atoms with E-state index in [9.17, 15) is 9.59 Å². The van der Waals surface area contributed by atoms with Gasteiger partial charge in [-0.2, -0.15) is 0 Å². The van der Waals surface area contributed by atoms with Crippen LogP contribution in [0.1, 0.15) is 52.2 Å². The van der Waals surface area contributed by atoms with Crippen LogP contribution >= 0.6 is 0 Å². The highest BCUT2D eigenvalue weighted by Gasteiger charge is 2.50. The molecule has 0 unspecified atom stereocenters. The fourth-order valence-corrected chi connectivity index (χ4v) is 3.18. The Hall–Kier alpha value is -1.71. The lowest BCUT2D eigenvalue weighted by atomic mass is 9.53. The summed E-state index contributed by atoms with van der Waals surface area (Å²) in [5.74, 6) is 0.311. The maximum Gasteiger partial charge on any atom is 0.306 e. The minimum absolute atomic E-state index is 0.0750. The third kappa shape index (κ3) is 3.31. The molecule has 3 atom stereocenters. The lowest BCUT2D eigenvalue weighted by Gasteiger charge is -2.50. The van der Waals surface area contributed by atoms with E-state index in [1.54, 1.807) is 19.3 Å². The van der Waals surface area contributed by atoms with Crippen molar-refractivity contribution in [2.45, 2.75) is 46.6 Å². The van der Waals surface area contributed by atoms with E-state index in [2.05, 4.69) is 18.8 Å². The van der Waals surface area contributed by atoms with Crippen LogP contribution in [0.25, 0.3) is 0 Å². The van der Waals surface area contributed by atoms with Crippen LogP contribution in [0.2, 0.25) is 0 Å². The van der Waals surface area contributed by atoms with Crippen LogP contribution in [0.4, 0.5) is 0 Å². The molecule has 0 radical (unpaired) electrons. The topological polar surface area (TPSA) is 56.3 Å². The second-order valence-corrected chi connectivity index (χ2v) is 6.54. The van der Waals surface area contributed by atoms with Crippen LogP contribution in [-0.2, 0) is 14.3 Å². The number of rotatable bonds is 5. The Bertz CT molecular complexity index is 524. The van der Waals surface area contributed by atoms with Crippen molar-refractivity contribution in [3.63, 3.8) is 0 Å². The highest BCUT2D eigenvalue weighted by molar-refractivity contribution is 5.81. The van der Waals surface area contributed by atoms with E-state index in [4.69, 9.17) is 4.74 Å². The van der Waals surface area contributed by atoms with Crippen molar-refractivity contribution < 1.29 is 14.3 Å². The summed E-state index contributed by atoms with van der Waals surface area (Å²) in [7, 11) is 0. The van der Waals surface area contributed by atoms with Crippen molar-refractivity contribution in [1.82, 2.24) is 4.98 Å². The summed E-state index contributed by atoms with van der Waals surface area (Å²) < 4.78 is 5.47. The van der Waals surface area contributed by atoms with Crippen LogP contribution in [0.15, 0.2) is 24.5 Å². The van der Waals surface area contributed by atoms with Gasteiger partial charge in [-0.15, -0.1) is 0 Å². The number of aromatic nitrogens is 1. The molecule has 0 spiro atoms. The average molecular weight is 289 g/mol. The molecule has 0 aliphatic heterocycles. The Morgan fingerprint density at radius 1 is 1.48 bits per heavy atom. The Kier molecular flexibility index (Phi) is 4.45. The number of nitrogens with zero attached hydrogens (tertiary/aromatic N) is 1. The molecule has 1 aromatic heterocycles. The summed E-state index contributed by atoms with van der Waals surface area (Å²) in [6.07, 6.45) is 4.27. The lowest BCUT2D eigenvalue weighted by molar-refractivity contribution is -0.157. The molecule has 114 valence electrons. The Morgan fingerprint density at radius 3 is 2.71 bits per heavy atom. The molecule has 0 amide bonds. The van der Waals surface area contributed by atoms with Gasteiger partial charge in [-0.3, -0.25) is 14.6 Å². The summed E-state index contributed by atoms with van der Waals surface area (Å²) in [6.45, 7) is 7.60. The third-order valence-electron chi connectivity index (χ3n) is 4.84. The zero-order valence-corrected chi connectivity index (χ0v) is 13.1. The van der Waals surface area contributed by atoms with Crippen molar-refractivity contribution in [2.75, 3.05) is 0 Å².